The highest BCUT2D eigenvalue weighted by molar-refractivity contribution is 6.07. The smallest absolute Gasteiger partial charge is 0.328 e. The van der Waals surface area contributed by atoms with E-state index in [1.807, 2.05) is 6.20 Å². The first-order chi connectivity index (χ1) is 15.6. The van der Waals surface area contributed by atoms with Crippen molar-refractivity contribution in [2.24, 2.45) is 5.92 Å². The Morgan fingerprint density at radius 3 is 2.81 bits per heavy atom. The van der Waals surface area contributed by atoms with Crippen LogP contribution >= 0.6 is 0 Å². The largest absolute Gasteiger partial charge is 0.381 e. The third kappa shape index (κ3) is 4.51. The number of hydrogen-bond acceptors (Lipinski definition) is 6. The summed E-state index contributed by atoms with van der Waals surface area (Å²) >= 11 is 0. The van der Waals surface area contributed by atoms with E-state index in [2.05, 4.69) is 39.3 Å². The Morgan fingerprint density at radius 1 is 1.19 bits per heavy atom. The van der Waals surface area contributed by atoms with E-state index in [9.17, 15) is 9.59 Å². The van der Waals surface area contributed by atoms with E-state index < -0.39 is 0 Å². The molecular weight excluding hydrogens is 408 g/mol. The minimum atomic E-state index is -0.379. The summed E-state index contributed by atoms with van der Waals surface area (Å²) in [6.07, 6.45) is 6.33. The summed E-state index contributed by atoms with van der Waals surface area (Å²) in [6, 6.07) is 4.33. The van der Waals surface area contributed by atoms with Crippen LogP contribution in [-0.2, 0) is 16.1 Å². The topological polar surface area (TPSA) is 82.4 Å². The molecule has 3 saturated heterocycles. The third-order valence-electron chi connectivity index (χ3n) is 7.00. The summed E-state index contributed by atoms with van der Waals surface area (Å²) in [7, 11) is 0. The maximum Gasteiger partial charge on any atom is 0.328 e. The normalized spacial score (nSPS) is 24.3. The Labute approximate surface area is 188 Å². The van der Waals surface area contributed by atoms with E-state index in [0.29, 0.717) is 19.0 Å². The van der Waals surface area contributed by atoms with Crippen molar-refractivity contribution in [1.29, 1.82) is 0 Å². The Hall–Kier alpha value is -2.49. The highest BCUT2D eigenvalue weighted by Gasteiger charge is 2.28. The molecule has 9 heteroatoms. The summed E-state index contributed by atoms with van der Waals surface area (Å²) in [4.78, 5) is 30.6. The van der Waals surface area contributed by atoms with E-state index in [0.717, 1.165) is 56.5 Å². The zero-order valence-corrected chi connectivity index (χ0v) is 18.7. The van der Waals surface area contributed by atoms with Crippen LogP contribution < -0.4 is 10.2 Å². The lowest BCUT2D eigenvalue weighted by molar-refractivity contribution is -0.120. The van der Waals surface area contributed by atoms with Crippen molar-refractivity contribution in [3.63, 3.8) is 0 Å². The maximum atomic E-state index is 12.3. The first kappa shape index (κ1) is 21.4. The first-order valence-corrected chi connectivity index (χ1v) is 11.7. The maximum absolute atomic E-state index is 12.3. The number of anilines is 1. The van der Waals surface area contributed by atoms with Gasteiger partial charge in [-0.15, -0.1) is 0 Å². The molecule has 0 aromatic carbocycles. The van der Waals surface area contributed by atoms with Crippen LogP contribution in [0.2, 0.25) is 0 Å². The molecule has 9 nitrogen and oxygen atoms in total. The third-order valence-corrected chi connectivity index (χ3v) is 7.00. The number of aromatic nitrogens is 2. The Bertz CT molecular complexity index is 985. The minimum Gasteiger partial charge on any atom is -0.381 e. The Morgan fingerprint density at radius 2 is 2.03 bits per heavy atom. The molecule has 5 heterocycles. The van der Waals surface area contributed by atoms with Gasteiger partial charge in [0.15, 0.2) is 0 Å². The number of carbonyl (C=O) groups is 2. The molecule has 32 heavy (non-hydrogen) atoms. The molecule has 172 valence electrons. The number of hydrogen-bond donors (Lipinski definition) is 1. The number of imide groups is 1. The van der Waals surface area contributed by atoms with Crippen LogP contribution in [0.4, 0.5) is 10.5 Å². The van der Waals surface area contributed by atoms with Crippen molar-refractivity contribution in [3.05, 3.63) is 30.1 Å². The molecule has 0 unspecified atom stereocenters. The molecule has 2 aromatic heterocycles. The molecule has 2 aromatic rings. The number of pyridine rings is 1. The predicted octanol–water partition coefficient (Wildman–Crippen LogP) is 1.71. The van der Waals surface area contributed by atoms with Gasteiger partial charge in [0, 0.05) is 71.1 Å². The highest BCUT2D eigenvalue weighted by Crippen LogP contribution is 2.25. The van der Waals surface area contributed by atoms with E-state index in [1.165, 1.54) is 24.9 Å². The van der Waals surface area contributed by atoms with Crippen LogP contribution in [0.25, 0.3) is 5.52 Å². The molecule has 0 aliphatic carbocycles. The lowest BCUT2D eigenvalue weighted by Gasteiger charge is -2.41. The number of rotatable bonds is 5. The zero-order valence-electron chi connectivity index (χ0n) is 18.7. The Balaban J connectivity index is 1.24. The second kappa shape index (κ2) is 9.17. The summed E-state index contributed by atoms with van der Waals surface area (Å²) in [6.45, 7) is 9.83. The average Bonchev–Trinajstić information content (AvgIpc) is 3.19. The number of urea groups is 1. The number of fused-ring (bicyclic) bond motifs is 1. The van der Waals surface area contributed by atoms with Crippen LogP contribution in [-0.4, -0.2) is 83.3 Å². The van der Waals surface area contributed by atoms with Crippen molar-refractivity contribution in [1.82, 2.24) is 24.7 Å². The summed E-state index contributed by atoms with van der Waals surface area (Å²) in [5.41, 5.74) is 2.83. The van der Waals surface area contributed by atoms with Gasteiger partial charge < -0.3 is 9.64 Å². The molecule has 3 amide bonds. The quantitative estimate of drug-likeness (QED) is 0.762. The monoisotopic (exact) mass is 440 g/mol. The summed E-state index contributed by atoms with van der Waals surface area (Å²) in [5, 5.41) is 6.79. The summed E-state index contributed by atoms with van der Waals surface area (Å²) in [5.74, 6) is 0.542. The lowest BCUT2D eigenvalue weighted by Crippen LogP contribution is -2.52. The number of carbonyl (C=O) groups excluding carboxylic acids is 2. The van der Waals surface area contributed by atoms with E-state index >= 15 is 0 Å². The molecule has 3 fully saturated rings. The fraction of sp³-hybridized carbons (Fsp3) is 0.609. The number of amides is 3. The number of ether oxygens (including phenoxy) is 1. The molecule has 3 aliphatic heterocycles. The molecule has 0 radical (unpaired) electrons. The van der Waals surface area contributed by atoms with Crippen molar-refractivity contribution in [2.75, 3.05) is 50.8 Å². The zero-order chi connectivity index (χ0) is 22.1. The summed E-state index contributed by atoms with van der Waals surface area (Å²) < 4.78 is 7.29. The molecule has 3 aliphatic rings. The molecule has 0 saturated carbocycles. The molecule has 5 rings (SSSR count). The fourth-order valence-corrected chi connectivity index (χ4v) is 5.11. The van der Waals surface area contributed by atoms with E-state index in [-0.39, 0.29) is 11.9 Å². The van der Waals surface area contributed by atoms with Gasteiger partial charge in [0.2, 0.25) is 5.91 Å². The van der Waals surface area contributed by atoms with Crippen LogP contribution in [0.15, 0.2) is 24.5 Å². The standard InChI is InChI=1S/C23H32N6O3/c1-17-14-26(15-18-4-10-32-11-5-18)8-9-27(17)16-19-2-7-29-20(12-19)21(13-24-29)28-6-3-22(30)25-23(28)31/h2,7,12-13,17-18H,3-6,8-11,14-16H2,1H3,(H,25,30,31)/t17-/m0/s1. The average molecular weight is 441 g/mol. The van der Waals surface area contributed by atoms with Crippen molar-refractivity contribution < 1.29 is 14.3 Å². The van der Waals surface area contributed by atoms with E-state index in [4.69, 9.17) is 4.74 Å². The van der Waals surface area contributed by atoms with Gasteiger partial charge in [-0.1, -0.05) is 0 Å². The molecule has 1 N–H and O–H groups in total. The van der Waals surface area contributed by atoms with Gasteiger partial charge in [0.25, 0.3) is 0 Å². The van der Waals surface area contributed by atoms with Gasteiger partial charge in [-0.05, 0) is 43.4 Å². The van der Waals surface area contributed by atoms with Crippen molar-refractivity contribution >= 4 is 23.1 Å². The number of nitrogens with zero attached hydrogens (tertiary/aromatic N) is 5. The predicted molar refractivity (Wildman–Crippen MR) is 121 cm³/mol. The Kier molecular flexibility index (Phi) is 6.12. The number of nitrogens with one attached hydrogen (secondary N) is 1. The van der Waals surface area contributed by atoms with Crippen molar-refractivity contribution in [2.45, 2.75) is 38.8 Å². The van der Waals surface area contributed by atoms with Gasteiger partial charge in [0.1, 0.15) is 0 Å². The molecule has 1 atom stereocenters. The van der Waals surface area contributed by atoms with Gasteiger partial charge >= 0.3 is 6.03 Å². The second-order valence-corrected chi connectivity index (χ2v) is 9.28. The molecule has 0 spiro atoms. The van der Waals surface area contributed by atoms with Crippen LogP contribution in [0.5, 0.6) is 0 Å². The van der Waals surface area contributed by atoms with Gasteiger partial charge in [-0.3, -0.25) is 19.9 Å². The number of piperazine rings is 1. The van der Waals surface area contributed by atoms with Crippen LogP contribution in [0, 0.1) is 5.92 Å². The molecular formula is C23H32N6O3. The lowest BCUT2D eigenvalue weighted by atomic mass is 9.99. The first-order valence-electron chi connectivity index (χ1n) is 11.7. The van der Waals surface area contributed by atoms with Gasteiger partial charge in [0.05, 0.1) is 17.4 Å². The highest BCUT2D eigenvalue weighted by atomic mass is 16.5. The van der Waals surface area contributed by atoms with E-state index in [1.54, 1.807) is 15.6 Å². The SMILES string of the molecule is C[C@H]1CN(CC2CCOCC2)CCN1Cc1ccn2ncc(N3CCC(=O)NC3=O)c2c1. The van der Waals surface area contributed by atoms with Crippen LogP contribution in [0.1, 0.15) is 31.7 Å². The van der Waals surface area contributed by atoms with Gasteiger partial charge in [-0.2, -0.15) is 5.10 Å². The molecule has 0 bridgehead atoms. The minimum absolute atomic E-state index is 0.228. The van der Waals surface area contributed by atoms with Crippen molar-refractivity contribution in [3.8, 4) is 0 Å². The second-order valence-electron chi connectivity index (χ2n) is 9.28. The van der Waals surface area contributed by atoms with Crippen LogP contribution in [0.3, 0.4) is 0 Å². The fourth-order valence-electron chi connectivity index (χ4n) is 5.11. The van der Waals surface area contributed by atoms with Gasteiger partial charge in [-0.25, -0.2) is 9.31 Å².